The zero-order valence-corrected chi connectivity index (χ0v) is 11.4. The molecule has 0 saturated carbocycles. The highest BCUT2D eigenvalue weighted by Crippen LogP contribution is 2.29. The van der Waals surface area contributed by atoms with Crippen LogP contribution in [0.15, 0.2) is 24.3 Å². The van der Waals surface area contributed by atoms with Crippen molar-refractivity contribution in [2.45, 2.75) is 32.1 Å². The van der Waals surface area contributed by atoms with Gasteiger partial charge in [0.05, 0.1) is 5.56 Å². The largest absolute Gasteiger partial charge is 0.416 e. The van der Waals surface area contributed by atoms with Crippen LogP contribution < -0.4 is 5.32 Å². The van der Waals surface area contributed by atoms with E-state index in [1.807, 2.05) is 13.8 Å². The molecule has 0 aliphatic carbocycles. The summed E-state index contributed by atoms with van der Waals surface area (Å²) < 4.78 is 38.0. The number of nitrogens with one attached hydrogen (secondary N) is 1. The number of nitrogens with zero attached hydrogens (tertiary/aromatic N) is 1. The Balaban J connectivity index is 2.21. The molecule has 2 atom stereocenters. The van der Waals surface area contributed by atoms with Crippen molar-refractivity contribution in [3.8, 4) is 0 Å². The summed E-state index contributed by atoms with van der Waals surface area (Å²) in [6.07, 6.45) is -4.43. The summed E-state index contributed by atoms with van der Waals surface area (Å²) in [6, 6.07) is 4.85. The second-order valence-electron chi connectivity index (χ2n) is 5.26. The lowest BCUT2D eigenvalue weighted by molar-refractivity contribution is -0.137. The molecule has 1 heterocycles. The summed E-state index contributed by atoms with van der Waals surface area (Å²) in [7, 11) is 0. The number of halogens is 3. The van der Waals surface area contributed by atoms with Gasteiger partial charge in [-0.2, -0.15) is 13.2 Å². The van der Waals surface area contributed by atoms with Crippen molar-refractivity contribution in [2.24, 2.45) is 0 Å². The van der Waals surface area contributed by atoms with E-state index in [9.17, 15) is 18.0 Å². The highest BCUT2D eigenvalue weighted by Gasteiger charge is 2.32. The summed E-state index contributed by atoms with van der Waals surface area (Å²) in [5, 5.41) is 3.28. The van der Waals surface area contributed by atoms with Gasteiger partial charge in [-0.05, 0) is 32.0 Å². The van der Waals surface area contributed by atoms with Gasteiger partial charge >= 0.3 is 6.18 Å². The van der Waals surface area contributed by atoms with E-state index in [1.165, 1.54) is 12.1 Å². The number of hydrogen-bond donors (Lipinski definition) is 1. The molecule has 1 N–H and O–H groups in total. The zero-order chi connectivity index (χ0) is 14.9. The lowest BCUT2D eigenvalue weighted by Crippen LogP contribution is -2.55. The Morgan fingerprint density at radius 2 is 1.85 bits per heavy atom. The van der Waals surface area contributed by atoms with Crippen LogP contribution in [0, 0.1) is 0 Å². The first-order chi connectivity index (χ1) is 9.27. The summed E-state index contributed by atoms with van der Waals surface area (Å²) in [4.78, 5) is 13.9. The Kier molecular flexibility index (Phi) is 4.04. The monoisotopic (exact) mass is 286 g/mol. The Labute approximate surface area is 115 Å². The molecule has 1 aliphatic heterocycles. The van der Waals surface area contributed by atoms with E-state index in [0.717, 1.165) is 12.1 Å². The van der Waals surface area contributed by atoms with E-state index in [2.05, 4.69) is 5.32 Å². The van der Waals surface area contributed by atoms with E-state index in [4.69, 9.17) is 0 Å². The second-order valence-corrected chi connectivity index (χ2v) is 5.26. The standard InChI is InChI=1S/C14H17F3N2O/c1-9-7-19(8-10(2)18-9)13(20)11-4-3-5-12(6-11)14(15,16)17/h3-6,9-10,18H,7-8H2,1-2H3. The molecule has 0 radical (unpaired) electrons. The normalized spacial score (nSPS) is 23.8. The van der Waals surface area contributed by atoms with Crippen LogP contribution in [0.4, 0.5) is 13.2 Å². The van der Waals surface area contributed by atoms with Crippen LogP contribution in [0.5, 0.6) is 0 Å². The zero-order valence-electron chi connectivity index (χ0n) is 11.4. The lowest BCUT2D eigenvalue weighted by Gasteiger charge is -2.36. The van der Waals surface area contributed by atoms with Crippen molar-refractivity contribution in [1.82, 2.24) is 10.2 Å². The molecule has 2 rings (SSSR count). The number of rotatable bonds is 1. The molecular weight excluding hydrogens is 269 g/mol. The third kappa shape index (κ3) is 3.30. The number of piperazine rings is 1. The molecule has 1 aliphatic rings. The first kappa shape index (κ1) is 14.8. The fourth-order valence-corrected chi connectivity index (χ4v) is 2.50. The highest BCUT2D eigenvalue weighted by atomic mass is 19.4. The molecule has 1 aromatic carbocycles. The van der Waals surface area contributed by atoms with Gasteiger partial charge in [-0.3, -0.25) is 4.79 Å². The average Bonchev–Trinajstić information content (AvgIpc) is 2.36. The highest BCUT2D eigenvalue weighted by molar-refractivity contribution is 5.94. The van der Waals surface area contributed by atoms with Crippen molar-refractivity contribution >= 4 is 5.91 Å². The predicted molar refractivity (Wildman–Crippen MR) is 69.4 cm³/mol. The average molecular weight is 286 g/mol. The van der Waals surface area contributed by atoms with Crippen molar-refractivity contribution in [3.63, 3.8) is 0 Å². The van der Waals surface area contributed by atoms with Crippen molar-refractivity contribution in [3.05, 3.63) is 35.4 Å². The number of alkyl halides is 3. The Morgan fingerprint density at radius 3 is 2.40 bits per heavy atom. The molecule has 1 amide bonds. The Bertz CT molecular complexity index is 491. The molecular formula is C14H17F3N2O. The van der Waals surface area contributed by atoms with Gasteiger partial charge in [0.1, 0.15) is 0 Å². The second kappa shape index (κ2) is 5.44. The first-order valence-electron chi connectivity index (χ1n) is 6.50. The quantitative estimate of drug-likeness (QED) is 0.860. The van der Waals surface area contributed by atoms with E-state index in [-0.39, 0.29) is 23.6 Å². The minimum atomic E-state index is -4.43. The van der Waals surface area contributed by atoms with Gasteiger partial charge in [0.25, 0.3) is 5.91 Å². The van der Waals surface area contributed by atoms with Crippen LogP contribution in [0.3, 0.4) is 0 Å². The van der Waals surface area contributed by atoms with Crippen molar-refractivity contribution in [2.75, 3.05) is 13.1 Å². The van der Waals surface area contributed by atoms with Crippen LogP contribution in [0.2, 0.25) is 0 Å². The molecule has 0 aromatic heterocycles. The van der Waals surface area contributed by atoms with E-state index in [0.29, 0.717) is 13.1 Å². The summed E-state index contributed by atoms with van der Waals surface area (Å²) in [6.45, 7) is 4.89. The molecule has 1 aromatic rings. The smallest absolute Gasteiger partial charge is 0.336 e. The maximum atomic E-state index is 12.7. The minimum absolute atomic E-state index is 0.0844. The fourth-order valence-electron chi connectivity index (χ4n) is 2.50. The number of carbonyl (C=O) groups excluding carboxylic acids is 1. The van der Waals surface area contributed by atoms with E-state index in [1.54, 1.807) is 4.90 Å². The molecule has 2 unspecified atom stereocenters. The summed E-state index contributed by atoms with van der Waals surface area (Å²) in [5.41, 5.74) is -0.708. The molecule has 1 saturated heterocycles. The topological polar surface area (TPSA) is 32.3 Å². The van der Waals surface area contributed by atoms with Crippen LogP contribution in [-0.2, 0) is 6.18 Å². The van der Waals surface area contributed by atoms with Crippen LogP contribution in [-0.4, -0.2) is 36.0 Å². The minimum Gasteiger partial charge on any atom is -0.336 e. The SMILES string of the molecule is CC1CN(C(=O)c2cccc(C(F)(F)F)c2)CC(C)N1. The van der Waals surface area contributed by atoms with E-state index < -0.39 is 11.7 Å². The van der Waals surface area contributed by atoms with Crippen LogP contribution >= 0.6 is 0 Å². The Morgan fingerprint density at radius 1 is 1.25 bits per heavy atom. The summed E-state index contributed by atoms with van der Waals surface area (Å²) >= 11 is 0. The fraction of sp³-hybridized carbons (Fsp3) is 0.500. The van der Waals surface area contributed by atoms with Gasteiger partial charge in [-0.15, -0.1) is 0 Å². The van der Waals surface area contributed by atoms with Crippen LogP contribution in [0.1, 0.15) is 29.8 Å². The van der Waals surface area contributed by atoms with Gasteiger partial charge in [0, 0.05) is 30.7 Å². The maximum Gasteiger partial charge on any atom is 0.416 e. The number of benzene rings is 1. The van der Waals surface area contributed by atoms with E-state index >= 15 is 0 Å². The van der Waals surface area contributed by atoms with Crippen molar-refractivity contribution < 1.29 is 18.0 Å². The lowest BCUT2D eigenvalue weighted by atomic mass is 10.1. The predicted octanol–water partition coefficient (Wildman–Crippen LogP) is 2.53. The molecule has 0 spiro atoms. The molecule has 3 nitrogen and oxygen atoms in total. The molecule has 0 bridgehead atoms. The molecule has 1 fully saturated rings. The summed E-state index contributed by atoms with van der Waals surface area (Å²) in [5.74, 6) is -0.351. The van der Waals surface area contributed by atoms with Gasteiger partial charge in [-0.25, -0.2) is 0 Å². The van der Waals surface area contributed by atoms with Crippen LogP contribution in [0.25, 0.3) is 0 Å². The maximum absolute atomic E-state index is 12.7. The number of carbonyl (C=O) groups is 1. The number of amides is 1. The third-order valence-electron chi connectivity index (χ3n) is 3.28. The van der Waals surface area contributed by atoms with Gasteiger partial charge < -0.3 is 10.2 Å². The number of hydrogen-bond acceptors (Lipinski definition) is 2. The van der Waals surface area contributed by atoms with Gasteiger partial charge in [0.2, 0.25) is 0 Å². The molecule has 110 valence electrons. The third-order valence-corrected chi connectivity index (χ3v) is 3.28. The Hall–Kier alpha value is -1.56. The molecule has 20 heavy (non-hydrogen) atoms. The van der Waals surface area contributed by atoms with Gasteiger partial charge in [0.15, 0.2) is 0 Å². The van der Waals surface area contributed by atoms with Crippen molar-refractivity contribution in [1.29, 1.82) is 0 Å². The van der Waals surface area contributed by atoms with Gasteiger partial charge in [-0.1, -0.05) is 6.07 Å². The first-order valence-corrected chi connectivity index (χ1v) is 6.50. The molecule has 6 heteroatoms.